The zero-order valence-electron chi connectivity index (χ0n) is 18.3. The van der Waals surface area contributed by atoms with Crippen LogP contribution in [0.1, 0.15) is 15.9 Å². The van der Waals surface area contributed by atoms with Crippen LogP contribution >= 0.6 is 0 Å². The lowest BCUT2D eigenvalue weighted by Crippen LogP contribution is -2.41. The van der Waals surface area contributed by atoms with E-state index in [0.717, 1.165) is 74.0 Å². The van der Waals surface area contributed by atoms with E-state index in [4.69, 9.17) is 14.5 Å². The van der Waals surface area contributed by atoms with Crippen LogP contribution in [0.3, 0.4) is 0 Å². The first-order valence-corrected chi connectivity index (χ1v) is 11.1. The number of hydrogen-bond donors (Lipinski definition) is 1. The molecule has 3 aromatic rings. The maximum Gasteiger partial charge on any atom is 0.251 e. The predicted octanol–water partition coefficient (Wildman–Crippen LogP) is 3.00. The molecule has 32 heavy (non-hydrogen) atoms. The van der Waals surface area contributed by atoms with Gasteiger partial charge in [-0.1, -0.05) is 0 Å². The van der Waals surface area contributed by atoms with Crippen molar-refractivity contribution >= 4 is 28.3 Å². The summed E-state index contributed by atoms with van der Waals surface area (Å²) >= 11 is 0. The van der Waals surface area contributed by atoms with Crippen LogP contribution < -0.4 is 15.0 Å². The number of fused-ring (bicyclic) bond motifs is 2. The molecule has 0 bridgehead atoms. The number of benzene rings is 2. The molecule has 1 fully saturated rings. The third-order valence-electron chi connectivity index (χ3n) is 6.20. The smallest absolute Gasteiger partial charge is 0.251 e. The number of nitrogens with zero attached hydrogens (tertiary/aromatic N) is 3. The third kappa shape index (κ3) is 4.26. The van der Waals surface area contributed by atoms with E-state index in [1.54, 1.807) is 7.11 Å². The topological polar surface area (TPSA) is 66.9 Å². The average molecular weight is 433 g/mol. The second-order valence-electron chi connectivity index (χ2n) is 8.19. The Labute approximate surface area is 187 Å². The van der Waals surface area contributed by atoms with E-state index in [0.29, 0.717) is 12.1 Å². The van der Waals surface area contributed by atoms with Crippen molar-refractivity contribution in [1.29, 1.82) is 0 Å². The molecule has 166 valence electrons. The van der Waals surface area contributed by atoms with Gasteiger partial charge in [-0.25, -0.2) is 4.98 Å². The zero-order valence-corrected chi connectivity index (χ0v) is 18.3. The molecule has 0 saturated carbocycles. The van der Waals surface area contributed by atoms with Crippen LogP contribution in [0.4, 0.5) is 11.5 Å². The third-order valence-corrected chi connectivity index (χ3v) is 6.20. The minimum atomic E-state index is -0.0390. The lowest BCUT2D eigenvalue weighted by molar-refractivity contribution is 0.0383. The predicted molar refractivity (Wildman–Crippen MR) is 125 cm³/mol. The fourth-order valence-electron chi connectivity index (χ4n) is 4.36. The summed E-state index contributed by atoms with van der Waals surface area (Å²) in [5, 5.41) is 4.14. The Bertz CT molecular complexity index is 1110. The molecule has 1 amide bonds. The molecule has 2 aliphatic rings. The quantitative estimate of drug-likeness (QED) is 0.646. The van der Waals surface area contributed by atoms with Gasteiger partial charge in [0, 0.05) is 55.4 Å². The van der Waals surface area contributed by atoms with E-state index in [1.165, 1.54) is 5.56 Å². The first-order chi connectivity index (χ1) is 15.7. The van der Waals surface area contributed by atoms with Gasteiger partial charge in [-0.3, -0.25) is 9.69 Å². The standard InChI is InChI=1S/C25H28N4O3/c1-31-22-7-4-19-16-20-8-10-29(24(20)27-23(19)17-22)21-5-2-18(3-6-21)25(30)26-9-11-28-12-14-32-15-13-28/h2-7,16-17H,8-15H2,1H3,(H,26,30). The second kappa shape index (κ2) is 9.14. The van der Waals surface area contributed by atoms with Gasteiger partial charge < -0.3 is 19.7 Å². The monoisotopic (exact) mass is 432 g/mol. The molecule has 2 aromatic carbocycles. The second-order valence-corrected chi connectivity index (χ2v) is 8.19. The highest BCUT2D eigenvalue weighted by Gasteiger charge is 2.23. The maximum absolute atomic E-state index is 12.5. The van der Waals surface area contributed by atoms with Crippen LogP contribution in [0.15, 0.2) is 48.5 Å². The number of hydrogen-bond acceptors (Lipinski definition) is 6. The zero-order chi connectivity index (χ0) is 21.9. The van der Waals surface area contributed by atoms with Gasteiger partial charge in [0.15, 0.2) is 0 Å². The van der Waals surface area contributed by atoms with Gasteiger partial charge in [0.05, 0.1) is 25.8 Å². The molecule has 1 N–H and O–H groups in total. The van der Waals surface area contributed by atoms with Crippen LogP contribution in [0, 0.1) is 0 Å². The Morgan fingerprint density at radius 3 is 2.69 bits per heavy atom. The lowest BCUT2D eigenvalue weighted by Gasteiger charge is -2.26. The van der Waals surface area contributed by atoms with Crippen LogP contribution in [0.5, 0.6) is 5.75 Å². The minimum Gasteiger partial charge on any atom is -0.497 e. The van der Waals surface area contributed by atoms with E-state index in [1.807, 2.05) is 36.4 Å². The Balaban J connectivity index is 1.26. The summed E-state index contributed by atoms with van der Waals surface area (Å²) in [5.41, 5.74) is 3.88. The number of methoxy groups -OCH3 is 1. The molecule has 0 atom stereocenters. The van der Waals surface area contributed by atoms with Crippen LogP contribution in [0.2, 0.25) is 0 Å². The summed E-state index contributed by atoms with van der Waals surface area (Å²) in [6.45, 7) is 5.76. The van der Waals surface area contributed by atoms with Crippen molar-refractivity contribution in [2.45, 2.75) is 6.42 Å². The van der Waals surface area contributed by atoms with Gasteiger partial charge in [-0.05, 0) is 54.4 Å². The molecule has 0 radical (unpaired) electrons. The number of nitrogens with one attached hydrogen (secondary N) is 1. The molecule has 7 heteroatoms. The molecular formula is C25H28N4O3. The molecule has 2 aliphatic heterocycles. The summed E-state index contributed by atoms with van der Waals surface area (Å²) < 4.78 is 10.7. The van der Waals surface area contributed by atoms with Crippen molar-refractivity contribution in [1.82, 2.24) is 15.2 Å². The number of rotatable bonds is 6. The van der Waals surface area contributed by atoms with Crippen molar-refractivity contribution < 1.29 is 14.3 Å². The highest BCUT2D eigenvalue weighted by Crippen LogP contribution is 2.35. The summed E-state index contributed by atoms with van der Waals surface area (Å²) in [4.78, 5) is 22.0. The Kier molecular flexibility index (Phi) is 5.92. The number of ether oxygens (including phenoxy) is 2. The van der Waals surface area contributed by atoms with E-state index in [9.17, 15) is 4.79 Å². The van der Waals surface area contributed by atoms with Gasteiger partial charge in [-0.15, -0.1) is 0 Å². The highest BCUT2D eigenvalue weighted by molar-refractivity contribution is 5.94. The number of aromatic nitrogens is 1. The first-order valence-electron chi connectivity index (χ1n) is 11.1. The Hall–Kier alpha value is -3.16. The van der Waals surface area contributed by atoms with Crippen LogP contribution in [-0.2, 0) is 11.2 Å². The molecule has 1 aromatic heterocycles. The summed E-state index contributed by atoms with van der Waals surface area (Å²) in [6, 6.07) is 16.0. The van der Waals surface area contributed by atoms with Gasteiger partial charge in [0.1, 0.15) is 11.6 Å². The van der Waals surface area contributed by atoms with Crippen molar-refractivity contribution in [2.24, 2.45) is 0 Å². The van der Waals surface area contributed by atoms with E-state index in [-0.39, 0.29) is 5.91 Å². The molecule has 0 spiro atoms. The van der Waals surface area contributed by atoms with Gasteiger partial charge >= 0.3 is 0 Å². The van der Waals surface area contributed by atoms with Crippen LogP contribution in [-0.4, -0.2) is 68.8 Å². The summed E-state index contributed by atoms with van der Waals surface area (Å²) in [6.07, 6.45) is 0.952. The number of carbonyl (C=O) groups excluding carboxylic acids is 1. The lowest BCUT2D eigenvalue weighted by atomic mass is 10.1. The van der Waals surface area contributed by atoms with Crippen LogP contribution in [0.25, 0.3) is 10.9 Å². The molecule has 0 unspecified atom stereocenters. The molecular weight excluding hydrogens is 404 g/mol. The SMILES string of the molecule is COc1ccc2cc3c(nc2c1)N(c1ccc(C(=O)NCCN2CCOCC2)cc1)CC3. The number of carbonyl (C=O) groups is 1. The molecule has 3 heterocycles. The average Bonchev–Trinajstić information content (AvgIpc) is 3.25. The minimum absolute atomic E-state index is 0.0390. The Morgan fingerprint density at radius 1 is 1.09 bits per heavy atom. The number of morpholine rings is 1. The van der Waals surface area contributed by atoms with Crippen molar-refractivity contribution in [3.05, 3.63) is 59.7 Å². The number of amides is 1. The summed E-state index contributed by atoms with van der Waals surface area (Å²) in [7, 11) is 1.67. The normalized spacial score (nSPS) is 16.2. The maximum atomic E-state index is 12.5. The molecule has 1 saturated heterocycles. The van der Waals surface area contributed by atoms with Crippen molar-refractivity contribution in [3.8, 4) is 5.75 Å². The largest absolute Gasteiger partial charge is 0.497 e. The highest BCUT2D eigenvalue weighted by atomic mass is 16.5. The van der Waals surface area contributed by atoms with Crippen molar-refractivity contribution in [3.63, 3.8) is 0 Å². The first kappa shape index (κ1) is 20.7. The van der Waals surface area contributed by atoms with E-state index >= 15 is 0 Å². The van der Waals surface area contributed by atoms with Gasteiger partial charge in [0.25, 0.3) is 5.91 Å². The molecule has 7 nitrogen and oxygen atoms in total. The number of pyridine rings is 1. The van der Waals surface area contributed by atoms with Crippen molar-refractivity contribution in [2.75, 3.05) is 57.9 Å². The van der Waals surface area contributed by atoms with Gasteiger partial charge in [-0.2, -0.15) is 0 Å². The van der Waals surface area contributed by atoms with Gasteiger partial charge in [0.2, 0.25) is 0 Å². The Morgan fingerprint density at radius 2 is 1.91 bits per heavy atom. The fraction of sp³-hybridized carbons (Fsp3) is 0.360. The number of anilines is 2. The fourth-order valence-corrected chi connectivity index (χ4v) is 4.36. The molecule has 5 rings (SSSR count). The molecule has 0 aliphatic carbocycles. The van der Waals surface area contributed by atoms with E-state index in [2.05, 4.69) is 27.2 Å². The van der Waals surface area contributed by atoms with E-state index < -0.39 is 0 Å². The summed E-state index contributed by atoms with van der Waals surface area (Å²) in [5.74, 6) is 1.75.